The molecule has 1 rings (SSSR count). The van der Waals surface area contributed by atoms with E-state index in [4.69, 9.17) is 9.57 Å². The summed E-state index contributed by atoms with van der Waals surface area (Å²) in [7, 11) is 3.12. The zero-order valence-corrected chi connectivity index (χ0v) is 13.8. The summed E-state index contributed by atoms with van der Waals surface area (Å²) in [6.07, 6.45) is 3.07. The van der Waals surface area contributed by atoms with E-state index >= 15 is 0 Å². The van der Waals surface area contributed by atoms with Crippen LogP contribution in [0.2, 0.25) is 0 Å². The van der Waals surface area contributed by atoms with E-state index in [1.54, 1.807) is 7.05 Å². The van der Waals surface area contributed by atoms with Crippen molar-refractivity contribution in [1.29, 1.82) is 0 Å². The summed E-state index contributed by atoms with van der Waals surface area (Å²) in [5.41, 5.74) is -0.286. The number of carbonyl (C=O) groups excluding carboxylic acids is 2. The number of alkyl carbamates (subject to hydrolysis) is 1. The number of nitrogens with zero attached hydrogens (tertiary/aromatic N) is 1. The van der Waals surface area contributed by atoms with E-state index in [0.717, 1.165) is 25.7 Å². The Bertz CT molecular complexity index is 357. The van der Waals surface area contributed by atoms with Crippen LogP contribution in [-0.2, 0) is 14.4 Å². The number of carbonyl (C=O) groups is 2. The Morgan fingerprint density at radius 3 is 2.24 bits per heavy atom. The molecular formula is C15H28N2O4. The fourth-order valence-corrected chi connectivity index (χ4v) is 2.46. The van der Waals surface area contributed by atoms with E-state index in [1.165, 1.54) is 12.2 Å². The average Bonchev–Trinajstić information content (AvgIpc) is 2.42. The summed E-state index contributed by atoms with van der Waals surface area (Å²) in [4.78, 5) is 28.5. The quantitative estimate of drug-likeness (QED) is 0.809. The lowest BCUT2D eigenvalue weighted by Crippen LogP contribution is -2.41. The van der Waals surface area contributed by atoms with E-state index in [-0.39, 0.29) is 23.5 Å². The standard InChI is InChI=1S/C15H28N2O4/c1-15(2,3)16-14(19)21-10-11-6-8-12(9-7-11)13(18)17(4)20-5/h11-12H,6-10H2,1-5H3,(H,16,19). The summed E-state index contributed by atoms with van der Waals surface area (Å²) in [5.74, 6) is 0.393. The molecule has 1 aliphatic carbocycles. The molecule has 0 aromatic carbocycles. The molecule has 0 unspecified atom stereocenters. The molecule has 6 heteroatoms. The van der Waals surface area contributed by atoms with Gasteiger partial charge in [-0.1, -0.05) is 0 Å². The van der Waals surface area contributed by atoms with Crippen molar-refractivity contribution in [3.05, 3.63) is 0 Å². The molecule has 0 aromatic rings. The third-order valence-corrected chi connectivity index (χ3v) is 3.71. The van der Waals surface area contributed by atoms with Crippen LogP contribution in [0.4, 0.5) is 4.79 Å². The molecule has 21 heavy (non-hydrogen) atoms. The predicted octanol–water partition coefficient (Wildman–Crippen LogP) is 2.34. The van der Waals surface area contributed by atoms with Crippen molar-refractivity contribution in [3.63, 3.8) is 0 Å². The number of nitrogens with one attached hydrogen (secondary N) is 1. The van der Waals surface area contributed by atoms with Gasteiger partial charge in [-0.2, -0.15) is 0 Å². The second kappa shape index (κ2) is 7.64. The van der Waals surface area contributed by atoms with Gasteiger partial charge in [0.15, 0.2) is 0 Å². The van der Waals surface area contributed by atoms with Crippen molar-refractivity contribution in [2.45, 2.75) is 52.0 Å². The van der Waals surface area contributed by atoms with Crippen LogP contribution in [0.15, 0.2) is 0 Å². The average molecular weight is 300 g/mol. The molecule has 1 saturated carbocycles. The Hall–Kier alpha value is -1.30. The van der Waals surface area contributed by atoms with E-state index in [2.05, 4.69) is 5.32 Å². The first-order valence-corrected chi connectivity index (χ1v) is 7.49. The highest BCUT2D eigenvalue weighted by Crippen LogP contribution is 2.30. The Labute approximate surface area is 127 Å². The molecule has 0 radical (unpaired) electrons. The highest BCUT2D eigenvalue weighted by molar-refractivity contribution is 5.77. The third-order valence-electron chi connectivity index (χ3n) is 3.71. The summed E-state index contributed by atoms with van der Waals surface area (Å²) < 4.78 is 5.25. The minimum atomic E-state index is -0.375. The zero-order chi connectivity index (χ0) is 16.0. The minimum Gasteiger partial charge on any atom is -0.449 e. The summed E-state index contributed by atoms with van der Waals surface area (Å²) in [6.45, 7) is 6.16. The first-order valence-electron chi connectivity index (χ1n) is 7.49. The molecule has 0 bridgehead atoms. The van der Waals surface area contributed by atoms with Crippen LogP contribution in [0.5, 0.6) is 0 Å². The lowest BCUT2D eigenvalue weighted by Gasteiger charge is -2.29. The highest BCUT2D eigenvalue weighted by atomic mass is 16.7. The van der Waals surface area contributed by atoms with Crippen LogP contribution in [0.3, 0.4) is 0 Å². The van der Waals surface area contributed by atoms with Gasteiger partial charge in [0.1, 0.15) is 0 Å². The molecule has 2 amide bonds. The van der Waals surface area contributed by atoms with E-state index in [1.807, 2.05) is 20.8 Å². The molecule has 0 heterocycles. The number of amides is 2. The Balaban J connectivity index is 2.28. The number of rotatable bonds is 4. The van der Waals surface area contributed by atoms with Crippen LogP contribution in [0.1, 0.15) is 46.5 Å². The molecule has 0 spiro atoms. The second-order valence-electron chi connectivity index (χ2n) is 6.71. The first-order chi connectivity index (χ1) is 9.73. The SMILES string of the molecule is CON(C)C(=O)C1CCC(COC(=O)NC(C)(C)C)CC1. The van der Waals surface area contributed by atoms with Crippen LogP contribution >= 0.6 is 0 Å². The predicted molar refractivity (Wildman–Crippen MR) is 79.5 cm³/mol. The van der Waals surface area contributed by atoms with Crippen LogP contribution in [0, 0.1) is 11.8 Å². The molecule has 6 nitrogen and oxygen atoms in total. The number of hydrogen-bond donors (Lipinski definition) is 1. The summed E-state index contributed by atoms with van der Waals surface area (Å²) >= 11 is 0. The lowest BCUT2D eigenvalue weighted by molar-refractivity contribution is -0.174. The molecular weight excluding hydrogens is 272 g/mol. The van der Waals surface area contributed by atoms with E-state index in [0.29, 0.717) is 12.5 Å². The van der Waals surface area contributed by atoms with Crippen molar-refractivity contribution in [3.8, 4) is 0 Å². The van der Waals surface area contributed by atoms with Gasteiger partial charge in [0.25, 0.3) is 0 Å². The lowest BCUT2D eigenvalue weighted by atomic mass is 9.82. The van der Waals surface area contributed by atoms with E-state index in [9.17, 15) is 9.59 Å². The smallest absolute Gasteiger partial charge is 0.407 e. The Morgan fingerprint density at radius 2 is 1.76 bits per heavy atom. The second-order valence-corrected chi connectivity index (χ2v) is 6.71. The van der Waals surface area contributed by atoms with Gasteiger partial charge in [0.2, 0.25) is 5.91 Å². The topological polar surface area (TPSA) is 67.9 Å². The molecule has 1 N–H and O–H groups in total. The number of ether oxygens (including phenoxy) is 1. The number of hydrogen-bond acceptors (Lipinski definition) is 4. The van der Waals surface area contributed by atoms with Crippen LogP contribution < -0.4 is 5.32 Å². The fourth-order valence-electron chi connectivity index (χ4n) is 2.46. The van der Waals surface area contributed by atoms with Gasteiger partial charge >= 0.3 is 6.09 Å². The van der Waals surface area contributed by atoms with Crippen LogP contribution in [-0.4, -0.2) is 43.4 Å². The third kappa shape index (κ3) is 6.33. The minimum absolute atomic E-state index is 0.0228. The van der Waals surface area contributed by atoms with Crippen molar-refractivity contribution in [2.24, 2.45) is 11.8 Å². The summed E-state index contributed by atoms with van der Waals surface area (Å²) in [5, 5.41) is 4.06. The molecule has 0 aliphatic heterocycles. The molecule has 0 atom stereocenters. The van der Waals surface area contributed by atoms with Gasteiger partial charge in [-0.15, -0.1) is 0 Å². The molecule has 0 saturated heterocycles. The molecule has 0 aromatic heterocycles. The molecule has 1 aliphatic rings. The van der Waals surface area contributed by atoms with Gasteiger partial charge in [-0.25, -0.2) is 9.86 Å². The monoisotopic (exact) mass is 300 g/mol. The van der Waals surface area contributed by atoms with Gasteiger partial charge in [0, 0.05) is 18.5 Å². The van der Waals surface area contributed by atoms with Crippen molar-refractivity contribution < 1.29 is 19.2 Å². The van der Waals surface area contributed by atoms with Gasteiger partial charge in [-0.3, -0.25) is 9.63 Å². The molecule has 122 valence electrons. The van der Waals surface area contributed by atoms with Crippen molar-refractivity contribution >= 4 is 12.0 Å². The van der Waals surface area contributed by atoms with Crippen LogP contribution in [0.25, 0.3) is 0 Å². The normalized spacial score (nSPS) is 22.5. The highest BCUT2D eigenvalue weighted by Gasteiger charge is 2.29. The molecule has 1 fully saturated rings. The van der Waals surface area contributed by atoms with Crippen molar-refractivity contribution in [2.75, 3.05) is 20.8 Å². The maximum absolute atomic E-state index is 12.0. The van der Waals surface area contributed by atoms with Gasteiger partial charge < -0.3 is 10.1 Å². The maximum atomic E-state index is 12.0. The largest absolute Gasteiger partial charge is 0.449 e. The maximum Gasteiger partial charge on any atom is 0.407 e. The Kier molecular flexibility index (Phi) is 6.45. The Morgan fingerprint density at radius 1 is 1.19 bits per heavy atom. The number of hydroxylamine groups is 2. The van der Waals surface area contributed by atoms with Gasteiger partial charge in [0.05, 0.1) is 13.7 Å². The zero-order valence-electron chi connectivity index (χ0n) is 13.8. The summed E-state index contributed by atoms with van der Waals surface area (Å²) in [6, 6.07) is 0. The van der Waals surface area contributed by atoms with Crippen molar-refractivity contribution in [1.82, 2.24) is 10.4 Å². The van der Waals surface area contributed by atoms with E-state index < -0.39 is 0 Å². The van der Waals surface area contributed by atoms with Gasteiger partial charge in [-0.05, 0) is 52.4 Å². The first kappa shape index (κ1) is 17.8. The fraction of sp³-hybridized carbons (Fsp3) is 0.867.